The van der Waals surface area contributed by atoms with Gasteiger partial charge in [-0.3, -0.25) is 4.90 Å². The van der Waals surface area contributed by atoms with E-state index in [1.165, 1.54) is 31.0 Å². The van der Waals surface area contributed by atoms with Crippen molar-refractivity contribution < 1.29 is 0 Å². The molecule has 3 heteroatoms. The lowest BCUT2D eigenvalue weighted by molar-refractivity contribution is 0.0583. The average molecular weight is 256 g/mol. The highest BCUT2D eigenvalue weighted by atomic mass is 32.2. The van der Waals surface area contributed by atoms with Crippen LogP contribution in [0.3, 0.4) is 0 Å². The normalized spacial score (nSPS) is 34.4. The summed E-state index contributed by atoms with van der Waals surface area (Å²) in [5.74, 6) is 4.46. The maximum atomic E-state index is 3.70. The highest BCUT2D eigenvalue weighted by Gasteiger charge is 2.35. The van der Waals surface area contributed by atoms with Crippen LogP contribution < -0.4 is 5.32 Å². The molecule has 0 bridgehead atoms. The number of hydrogen-bond donors (Lipinski definition) is 1. The van der Waals surface area contributed by atoms with Crippen molar-refractivity contribution in [3.8, 4) is 0 Å². The molecule has 1 N–H and O–H groups in total. The summed E-state index contributed by atoms with van der Waals surface area (Å²) in [5, 5.41) is 3.70. The van der Waals surface area contributed by atoms with Crippen LogP contribution in [-0.4, -0.2) is 47.6 Å². The van der Waals surface area contributed by atoms with E-state index in [9.17, 15) is 0 Å². The summed E-state index contributed by atoms with van der Waals surface area (Å²) in [7, 11) is 0. The Balaban J connectivity index is 1.97. The third kappa shape index (κ3) is 3.62. The van der Waals surface area contributed by atoms with Crippen molar-refractivity contribution in [1.29, 1.82) is 0 Å². The summed E-state index contributed by atoms with van der Waals surface area (Å²) in [6, 6.07) is 0.730. The van der Waals surface area contributed by atoms with Gasteiger partial charge in [-0.05, 0) is 43.6 Å². The predicted octanol–water partition coefficient (Wildman–Crippen LogP) is 2.45. The van der Waals surface area contributed by atoms with Crippen LogP contribution in [0.5, 0.6) is 0 Å². The maximum absolute atomic E-state index is 3.70. The molecule has 2 aliphatic rings. The molecule has 2 nitrogen and oxygen atoms in total. The van der Waals surface area contributed by atoms with Gasteiger partial charge in [-0.25, -0.2) is 0 Å². The second-order valence-electron chi connectivity index (χ2n) is 6.74. The van der Waals surface area contributed by atoms with Crippen LogP contribution in [0.4, 0.5) is 0 Å². The zero-order valence-electron chi connectivity index (χ0n) is 11.8. The van der Waals surface area contributed by atoms with E-state index in [1.54, 1.807) is 0 Å². The molecule has 0 spiro atoms. The fourth-order valence-electron chi connectivity index (χ4n) is 3.11. The van der Waals surface area contributed by atoms with Crippen LogP contribution in [0, 0.1) is 11.8 Å². The second-order valence-corrected chi connectivity index (χ2v) is 7.89. The molecular formula is C14H28N2S. The van der Waals surface area contributed by atoms with Crippen molar-refractivity contribution in [2.24, 2.45) is 11.8 Å². The molecule has 0 aliphatic carbocycles. The molecule has 2 fully saturated rings. The van der Waals surface area contributed by atoms with Crippen molar-refractivity contribution in [3.05, 3.63) is 0 Å². The van der Waals surface area contributed by atoms with E-state index < -0.39 is 0 Å². The number of nitrogens with one attached hydrogen (secondary N) is 1. The first kappa shape index (κ1) is 13.7. The summed E-state index contributed by atoms with van der Waals surface area (Å²) in [6.45, 7) is 13.1. The van der Waals surface area contributed by atoms with Crippen LogP contribution in [0.15, 0.2) is 0 Å². The fourth-order valence-corrected chi connectivity index (χ4v) is 4.38. The lowest BCUT2D eigenvalue weighted by atomic mass is 9.92. The van der Waals surface area contributed by atoms with Crippen molar-refractivity contribution in [3.63, 3.8) is 0 Å². The van der Waals surface area contributed by atoms with E-state index in [0.717, 1.165) is 24.4 Å². The standard InChI is InChI=1S/C14H28N2S/c1-11(2)13-7-15-14(3,4)10-16(13)8-12-5-6-17-9-12/h11-13,15H,5-10H2,1-4H3. The van der Waals surface area contributed by atoms with Crippen LogP contribution in [0.25, 0.3) is 0 Å². The molecule has 2 atom stereocenters. The third-order valence-corrected chi connectivity index (χ3v) is 5.37. The molecule has 0 aromatic carbocycles. The first-order chi connectivity index (χ1) is 7.98. The van der Waals surface area contributed by atoms with E-state index in [-0.39, 0.29) is 5.54 Å². The molecule has 2 saturated heterocycles. The van der Waals surface area contributed by atoms with Gasteiger partial charge < -0.3 is 5.32 Å². The molecule has 17 heavy (non-hydrogen) atoms. The molecule has 2 heterocycles. The fraction of sp³-hybridized carbons (Fsp3) is 1.00. The second kappa shape index (κ2) is 5.50. The van der Waals surface area contributed by atoms with Crippen LogP contribution in [0.2, 0.25) is 0 Å². The van der Waals surface area contributed by atoms with Gasteiger partial charge in [-0.2, -0.15) is 11.8 Å². The number of hydrogen-bond acceptors (Lipinski definition) is 3. The number of piperazine rings is 1. The highest BCUT2D eigenvalue weighted by molar-refractivity contribution is 7.99. The van der Waals surface area contributed by atoms with Crippen molar-refractivity contribution in [2.45, 2.75) is 45.7 Å². The highest BCUT2D eigenvalue weighted by Crippen LogP contribution is 2.27. The monoisotopic (exact) mass is 256 g/mol. The zero-order chi connectivity index (χ0) is 12.5. The predicted molar refractivity (Wildman–Crippen MR) is 77.7 cm³/mol. The van der Waals surface area contributed by atoms with Gasteiger partial charge in [0.05, 0.1) is 0 Å². The maximum Gasteiger partial charge on any atom is 0.0252 e. The quantitative estimate of drug-likeness (QED) is 0.835. The van der Waals surface area contributed by atoms with Gasteiger partial charge in [0, 0.05) is 31.2 Å². The van der Waals surface area contributed by atoms with Gasteiger partial charge in [0.1, 0.15) is 0 Å². The van der Waals surface area contributed by atoms with Crippen LogP contribution >= 0.6 is 11.8 Å². The van der Waals surface area contributed by atoms with Crippen molar-refractivity contribution in [1.82, 2.24) is 10.2 Å². The molecule has 0 radical (unpaired) electrons. The van der Waals surface area contributed by atoms with E-state index in [1.807, 2.05) is 0 Å². The molecule has 2 aliphatic heterocycles. The Morgan fingerprint density at radius 3 is 2.76 bits per heavy atom. The van der Waals surface area contributed by atoms with Gasteiger partial charge in [0.2, 0.25) is 0 Å². The molecule has 2 rings (SSSR count). The van der Waals surface area contributed by atoms with Gasteiger partial charge >= 0.3 is 0 Å². The third-order valence-electron chi connectivity index (χ3n) is 4.14. The Kier molecular flexibility index (Phi) is 4.43. The van der Waals surface area contributed by atoms with Gasteiger partial charge in [0.15, 0.2) is 0 Å². The summed E-state index contributed by atoms with van der Waals surface area (Å²) >= 11 is 2.14. The molecule has 0 amide bonds. The Morgan fingerprint density at radius 1 is 1.41 bits per heavy atom. The summed E-state index contributed by atoms with van der Waals surface area (Å²) in [4.78, 5) is 2.76. The van der Waals surface area contributed by atoms with E-state index >= 15 is 0 Å². The average Bonchev–Trinajstić information content (AvgIpc) is 2.68. The number of thioether (sulfide) groups is 1. The minimum Gasteiger partial charge on any atom is -0.309 e. The minimum atomic E-state index is 0.289. The Labute approximate surface area is 111 Å². The Bertz CT molecular complexity index is 247. The van der Waals surface area contributed by atoms with E-state index in [4.69, 9.17) is 0 Å². The molecule has 100 valence electrons. The molecule has 0 aromatic heterocycles. The minimum absolute atomic E-state index is 0.289. The van der Waals surface area contributed by atoms with Gasteiger partial charge in [-0.15, -0.1) is 0 Å². The van der Waals surface area contributed by atoms with Gasteiger partial charge in [-0.1, -0.05) is 13.8 Å². The SMILES string of the molecule is CC(C)C1CNC(C)(C)CN1CC1CCSC1. The first-order valence-corrected chi connectivity index (χ1v) is 8.20. The first-order valence-electron chi connectivity index (χ1n) is 7.05. The summed E-state index contributed by atoms with van der Waals surface area (Å²) in [5.41, 5.74) is 0.289. The Hall–Kier alpha value is 0.270. The van der Waals surface area contributed by atoms with E-state index in [0.29, 0.717) is 0 Å². The van der Waals surface area contributed by atoms with Crippen LogP contribution in [-0.2, 0) is 0 Å². The Morgan fingerprint density at radius 2 is 2.18 bits per heavy atom. The zero-order valence-corrected chi connectivity index (χ0v) is 12.6. The topological polar surface area (TPSA) is 15.3 Å². The largest absolute Gasteiger partial charge is 0.309 e. The lowest BCUT2D eigenvalue weighted by Crippen LogP contribution is -2.63. The summed E-state index contributed by atoms with van der Waals surface area (Å²) < 4.78 is 0. The lowest BCUT2D eigenvalue weighted by Gasteiger charge is -2.47. The van der Waals surface area contributed by atoms with E-state index in [2.05, 4.69) is 49.7 Å². The van der Waals surface area contributed by atoms with Crippen molar-refractivity contribution in [2.75, 3.05) is 31.1 Å². The van der Waals surface area contributed by atoms with Gasteiger partial charge in [0.25, 0.3) is 0 Å². The smallest absolute Gasteiger partial charge is 0.0252 e. The molecular weight excluding hydrogens is 228 g/mol. The number of nitrogens with zero attached hydrogens (tertiary/aromatic N) is 1. The summed E-state index contributed by atoms with van der Waals surface area (Å²) in [6.07, 6.45) is 1.43. The van der Waals surface area contributed by atoms with Crippen molar-refractivity contribution >= 4 is 11.8 Å². The molecule has 2 unspecified atom stereocenters. The number of rotatable bonds is 3. The molecule has 0 saturated carbocycles. The molecule has 0 aromatic rings. The van der Waals surface area contributed by atoms with Crippen LogP contribution in [0.1, 0.15) is 34.1 Å².